The van der Waals surface area contributed by atoms with Crippen LogP contribution in [0.5, 0.6) is 0 Å². The lowest BCUT2D eigenvalue weighted by molar-refractivity contribution is -0.146. The summed E-state index contributed by atoms with van der Waals surface area (Å²) in [6.45, 7) is 3.46. The van der Waals surface area contributed by atoms with E-state index in [1.165, 1.54) is 6.92 Å². The second kappa shape index (κ2) is 8.46. The van der Waals surface area contributed by atoms with Crippen molar-refractivity contribution < 1.29 is 24.6 Å². The zero-order valence-corrected chi connectivity index (χ0v) is 12.2. The molecular formula is C13H23N3O5. The van der Waals surface area contributed by atoms with Crippen LogP contribution in [-0.2, 0) is 9.59 Å². The number of carboxylic acid groups (broad SMARTS) is 1. The van der Waals surface area contributed by atoms with E-state index < -0.39 is 12.1 Å². The van der Waals surface area contributed by atoms with Crippen molar-refractivity contribution in [1.82, 2.24) is 15.5 Å². The Hall–Kier alpha value is -1.83. The Labute approximate surface area is 123 Å². The van der Waals surface area contributed by atoms with Crippen LogP contribution in [0.3, 0.4) is 0 Å². The van der Waals surface area contributed by atoms with Gasteiger partial charge in [0.05, 0.1) is 0 Å². The molecule has 1 saturated heterocycles. The zero-order valence-electron chi connectivity index (χ0n) is 12.2. The summed E-state index contributed by atoms with van der Waals surface area (Å²) in [7, 11) is 0. The van der Waals surface area contributed by atoms with Crippen LogP contribution in [0, 0.1) is 5.92 Å². The molecule has 21 heavy (non-hydrogen) atoms. The van der Waals surface area contributed by atoms with Gasteiger partial charge in [0.25, 0.3) is 0 Å². The van der Waals surface area contributed by atoms with Gasteiger partial charge in [-0.2, -0.15) is 0 Å². The van der Waals surface area contributed by atoms with Gasteiger partial charge < -0.3 is 25.7 Å². The molecule has 1 atom stereocenters. The van der Waals surface area contributed by atoms with E-state index in [0.717, 1.165) is 12.8 Å². The van der Waals surface area contributed by atoms with E-state index in [4.69, 9.17) is 10.2 Å². The van der Waals surface area contributed by atoms with Crippen LogP contribution in [0.2, 0.25) is 0 Å². The number of hydrogen-bond acceptors (Lipinski definition) is 4. The second-order valence-electron chi connectivity index (χ2n) is 5.24. The summed E-state index contributed by atoms with van der Waals surface area (Å²) in [5, 5.41) is 23.0. The maximum Gasteiger partial charge on any atom is 0.332 e. The number of carbonyl (C=O) groups is 3. The second-order valence-corrected chi connectivity index (χ2v) is 5.24. The molecule has 120 valence electrons. The molecule has 0 saturated carbocycles. The van der Waals surface area contributed by atoms with E-state index >= 15 is 0 Å². The smallest absolute Gasteiger partial charge is 0.332 e. The highest BCUT2D eigenvalue weighted by Crippen LogP contribution is 2.16. The number of hydrogen-bond donors (Lipinski definition) is 4. The molecule has 1 rings (SSSR count). The molecule has 0 aromatic heterocycles. The van der Waals surface area contributed by atoms with Gasteiger partial charge in [-0.25, -0.2) is 9.59 Å². The first-order chi connectivity index (χ1) is 9.90. The third kappa shape index (κ3) is 6.44. The van der Waals surface area contributed by atoms with Crippen molar-refractivity contribution >= 4 is 17.9 Å². The highest BCUT2D eigenvalue weighted by atomic mass is 16.4. The first-order valence-corrected chi connectivity index (χ1v) is 7.08. The van der Waals surface area contributed by atoms with E-state index in [1.807, 2.05) is 0 Å². The average Bonchev–Trinajstić information content (AvgIpc) is 2.45. The summed E-state index contributed by atoms with van der Waals surface area (Å²) in [6, 6.07) is -0.245. The van der Waals surface area contributed by atoms with Crippen LogP contribution >= 0.6 is 0 Å². The minimum atomic E-state index is -1.45. The summed E-state index contributed by atoms with van der Waals surface area (Å²) in [6.07, 6.45) is 0.186. The minimum absolute atomic E-state index is 0.0138. The Morgan fingerprint density at radius 3 is 2.38 bits per heavy atom. The molecule has 0 aliphatic carbocycles. The molecular weight excluding hydrogens is 278 g/mol. The van der Waals surface area contributed by atoms with Crippen molar-refractivity contribution in [3.63, 3.8) is 0 Å². The number of aliphatic carboxylic acids is 1. The van der Waals surface area contributed by atoms with E-state index in [0.29, 0.717) is 25.6 Å². The Morgan fingerprint density at radius 1 is 1.24 bits per heavy atom. The summed E-state index contributed by atoms with van der Waals surface area (Å²) >= 11 is 0. The molecule has 8 heteroatoms. The topological polar surface area (TPSA) is 119 Å². The maximum atomic E-state index is 11.8. The third-order valence-corrected chi connectivity index (χ3v) is 3.52. The van der Waals surface area contributed by atoms with Gasteiger partial charge in [0.15, 0.2) is 6.10 Å². The van der Waals surface area contributed by atoms with Crippen LogP contribution in [0.15, 0.2) is 0 Å². The molecule has 1 aliphatic rings. The quantitative estimate of drug-likeness (QED) is 0.521. The lowest BCUT2D eigenvalue weighted by atomic mass is 9.97. The third-order valence-electron chi connectivity index (χ3n) is 3.52. The monoisotopic (exact) mass is 301 g/mol. The number of rotatable bonds is 6. The van der Waals surface area contributed by atoms with E-state index in [-0.39, 0.29) is 24.9 Å². The number of aliphatic hydroxyl groups excluding tert-OH is 1. The van der Waals surface area contributed by atoms with Crippen molar-refractivity contribution in [2.75, 3.05) is 26.2 Å². The largest absolute Gasteiger partial charge is 0.479 e. The number of piperidine rings is 1. The molecule has 4 N–H and O–H groups in total. The van der Waals surface area contributed by atoms with E-state index in [2.05, 4.69) is 10.6 Å². The Kier molecular flexibility index (Phi) is 6.93. The van der Waals surface area contributed by atoms with Crippen molar-refractivity contribution in [1.29, 1.82) is 0 Å². The highest BCUT2D eigenvalue weighted by Gasteiger charge is 2.23. The van der Waals surface area contributed by atoms with Crippen molar-refractivity contribution in [3.05, 3.63) is 0 Å². The molecule has 1 aliphatic heterocycles. The summed E-state index contributed by atoms with van der Waals surface area (Å²) in [5.41, 5.74) is 0. The number of carboxylic acids is 1. The van der Waals surface area contributed by atoms with Crippen LogP contribution in [0.1, 0.15) is 26.2 Å². The first kappa shape index (κ1) is 17.2. The fraction of sp³-hybridized carbons (Fsp3) is 0.769. The van der Waals surface area contributed by atoms with Gasteiger partial charge in [0.2, 0.25) is 5.91 Å². The van der Waals surface area contributed by atoms with Gasteiger partial charge >= 0.3 is 12.0 Å². The summed E-state index contributed by atoms with van der Waals surface area (Å²) in [5.74, 6) is -0.957. The van der Waals surface area contributed by atoms with Gasteiger partial charge in [-0.3, -0.25) is 4.79 Å². The van der Waals surface area contributed by atoms with Gasteiger partial charge in [0, 0.05) is 39.5 Å². The van der Waals surface area contributed by atoms with Crippen LogP contribution in [-0.4, -0.2) is 65.3 Å². The zero-order chi connectivity index (χ0) is 15.8. The predicted octanol–water partition coefficient (Wildman–Crippen LogP) is -0.620. The average molecular weight is 301 g/mol. The molecule has 0 aromatic carbocycles. The lowest BCUT2D eigenvalue weighted by Gasteiger charge is -2.32. The number of urea groups is 1. The molecule has 0 aromatic rings. The number of carbonyl (C=O) groups excluding carboxylic acids is 2. The van der Waals surface area contributed by atoms with Crippen molar-refractivity contribution in [2.45, 2.75) is 32.3 Å². The molecule has 1 heterocycles. The molecule has 3 amide bonds. The van der Waals surface area contributed by atoms with E-state index in [1.54, 1.807) is 4.90 Å². The summed E-state index contributed by atoms with van der Waals surface area (Å²) in [4.78, 5) is 34.8. The van der Waals surface area contributed by atoms with Crippen molar-refractivity contribution in [3.8, 4) is 0 Å². The van der Waals surface area contributed by atoms with Gasteiger partial charge in [-0.15, -0.1) is 0 Å². The fourth-order valence-corrected chi connectivity index (χ4v) is 2.18. The van der Waals surface area contributed by atoms with Crippen molar-refractivity contribution in [2.24, 2.45) is 5.92 Å². The Bertz CT molecular complexity index is 380. The number of nitrogens with zero attached hydrogens (tertiary/aromatic N) is 1. The van der Waals surface area contributed by atoms with Gasteiger partial charge in [-0.1, -0.05) is 0 Å². The molecule has 1 fully saturated rings. The number of nitrogens with one attached hydrogen (secondary N) is 2. The fourth-order valence-electron chi connectivity index (χ4n) is 2.18. The first-order valence-electron chi connectivity index (χ1n) is 7.08. The Balaban J connectivity index is 2.19. The number of amides is 3. The van der Waals surface area contributed by atoms with Crippen LogP contribution in [0.25, 0.3) is 0 Å². The molecule has 0 spiro atoms. The molecule has 0 radical (unpaired) electrons. The number of aliphatic hydroxyl groups is 1. The van der Waals surface area contributed by atoms with Crippen LogP contribution < -0.4 is 10.6 Å². The number of likely N-dealkylation sites (tertiary alicyclic amines) is 1. The summed E-state index contributed by atoms with van der Waals surface area (Å²) < 4.78 is 0. The molecule has 0 bridgehead atoms. The maximum absolute atomic E-state index is 11.8. The normalized spacial score (nSPS) is 17.1. The Morgan fingerprint density at radius 2 is 1.86 bits per heavy atom. The SMILES string of the molecule is CC(=O)NCC1CCN(C(=O)NCC[C@H](O)C(=O)O)CC1. The van der Waals surface area contributed by atoms with E-state index in [9.17, 15) is 14.4 Å². The minimum Gasteiger partial charge on any atom is -0.479 e. The lowest BCUT2D eigenvalue weighted by Crippen LogP contribution is -2.46. The van der Waals surface area contributed by atoms with Crippen LogP contribution in [0.4, 0.5) is 4.79 Å². The van der Waals surface area contributed by atoms with Gasteiger partial charge in [-0.05, 0) is 18.8 Å². The van der Waals surface area contributed by atoms with Gasteiger partial charge in [0.1, 0.15) is 0 Å². The highest BCUT2D eigenvalue weighted by molar-refractivity contribution is 5.75. The molecule has 0 unspecified atom stereocenters. The molecule has 8 nitrogen and oxygen atoms in total. The standard InChI is InChI=1S/C13H23N3O5/c1-9(17)15-8-10-3-6-16(7-4-10)13(21)14-5-2-11(18)12(19)20/h10-11,18H,2-8H2,1H3,(H,14,21)(H,15,17)(H,19,20)/t11-/m0/s1. The predicted molar refractivity (Wildman–Crippen MR) is 74.6 cm³/mol.